The van der Waals surface area contributed by atoms with Crippen LogP contribution >= 0.6 is 11.6 Å². The van der Waals surface area contributed by atoms with Crippen molar-refractivity contribution >= 4 is 17.6 Å². The summed E-state index contributed by atoms with van der Waals surface area (Å²) in [6, 6.07) is 4.92. The third-order valence-electron chi connectivity index (χ3n) is 2.44. The Bertz CT molecular complexity index is 391. The van der Waals surface area contributed by atoms with E-state index in [2.05, 4.69) is 20.8 Å². The number of halogens is 1. The van der Waals surface area contributed by atoms with Gasteiger partial charge in [-0.1, -0.05) is 38.4 Å². The monoisotopic (exact) mass is 240 g/mol. The van der Waals surface area contributed by atoms with Crippen molar-refractivity contribution in [2.24, 2.45) is 5.41 Å². The summed E-state index contributed by atoms with van der Waals surface area (Å²) in [5.41, 5.74) is 1.51. The summed E-state index contributed by atoms with van der Waals surface area (Å²) in [6.07, 6.45) is 1.90. The number of rotatable bonds is 3. The van der Waals surface area contributed by atoms with E-state index in [1.165, 1.54) is 6.07 Å². The molecule has 0 bridgehead atoms. The van der Waals surface area contributed by atoms with Crippen molar-refractivity contribution in [2.45, 2.75) is 33.6 Å². The van der Waals surface area contributed by atoms with E-state index in [1.54, 1.807) is 12.1 Å². The number of aromatic carboxylic acids is 1. The molecule has 0 spiro atoms. The van der Waals surface area contributed by atoms with Gasteiger partial charge < -0.3 is 5.11 Å². The number of aryl methyl sites for hydroxylation is 1. The minimum absolute atomic E-state index is 0.240. The van der Waals surface area contributed by atoms with Crippen LogP contribution < -0.4 is 0 Å². The summed E-state index contributed by atoms with van der Waals surface area (Å²) < 4.78 is 0. The van der Waals surface area contributed by atoms with Crippen LogP contribution in [0.2, 0.25) is 5.02 Å². The first-order chi connectivity index (χ1) is 7.29. The van der Waals surface area contributed by atoms with E-state index in [0.717, 1.165) is 18.4 Å². The Labute approximate surface area is 101 Å². The van der Waals surface area contributed by atoms with Crippen molar-refractivity contribution in [3.63, 3.8) is 0 Å². The molecule has 0 saturated carbocycles. The van der Waals surface area contributed by atoms with Gasteiger partial charge in [0.15, 0.2) is 0 Å². The topological polar surface area (TPSA) is 37.3 Å². The number of carboxylic acids is 1. The highest BCUT2D eigenvalue weighted by Gasteiger charge is 2.12. The lowest BCUT2D eigenvalue weighted by Crippen LogP contribution is -2.07. The van der Waals surface area contributed by atoms with Crippen molar-refractivity contribution in [3.8, 4) is 0 Å². The van der Waals surface area contributed by atoms with Gasteiger partial charge in [0.25, 0.3) is 0 Å². The molecule has 0 fully saturated rings. The predicted molar refractivity (Wildman–Crippen MR) is 66.2 cm³/mol. The summed E-state index contributed by atoms with van der Waals surface area (Å²) in [7, 11) is 0. The fourth-order valence-corrected chi connectivity index (χ4v) is 1.67. The predicted octanol–water partition coefficient (Wildman–Crippen LogP) is 4.02. The van der Waals surface area contributed by atoms with Gasteiger partial charge in [0.1, 0.15) is 0 Å². The molecule has 0 radical (unpaired) electrons. The molecule has 2 nitrogen and oxygen atoms in total. The largest absolute Gasteiger partial charge is 0.478 e. The van der Waals surface area contributed by atoms with Crippen molar-refractivity contribution < 1.29 is 9.90 Å². The number of carboxylic acid groups (broad SMARTS) is 1. The first kappa shape index (κ1) is 13.0. The minimum Gasteiger partial charge on any atom is -0.478 e. The van der Waals surface area contributed by atoms with Gasteiger partial charge in [-0.25, -0.2) is 4.79 Å². The van der Waals surface area contributed by atoms with Gasteiger partial charge in [0.2, 0.25) is 0 Å². The number of hydrogen-bond acceptors (Lipinski definition) is 1. The van der Waals surface area contributed by atoms with E-state index in [9.17, 15) is 4.79 Å². The standard InChI is InChI=1S/C13H17ClO2/c1-13(2,3)7-6-9-4-5-10(12(15)16)8-11(9)14/h4-5,8H,6-7H2,1-3H3,(H,15,16). The van der Waals surface area contributed by atoms with Gasteiger partial charge in [-0.05, 0) is 36.0 Å². The molecule has 0 aliphatic heterocycles. The second-order valence-corrected chi connectivity index (χ2v) is 5.58. The molecule has 0 heterocycles. The van der Waals surface area contributed by atoms with Crippen LogP contribution in [0.25, 0.3) is 0 Å². The third kappa shape index (κ3) is 3.86. The third-order valence-corrected chi connectivity index (χ3v) is 2.80. The second-order valence-electron chi connectivity index (χ2n) is 5.17. The molecular formula is C13H17ClO2. The maximum Gasteiger partial charge on any atom is 0.335 e. The molecule has 88 valence electrons. The van der Waals surface area contributed by atoms with Crippen LogP contribution in [0.5, 0.6) is 0 Å². The Morgan fingerprint density at radius 1 is 1.38 bits per heavy atom. The van der Waals surface area contributed by atoms with Crippen LogP contribution in [0.3, 0.4) is 0 Å². The molecule has 0 amide bonds. The zero-order valence-corrected chi connectivity index (χ0v) is 10.6. The van der Waals surface area contributed by atoms with E-state index >= 15 is 0 Å². The molecule has 0 saturated heterocycles. The van der Waals surface area contributed by atoms with E-state index in [1.807, 2.05) is 0 Å². The van der Waals surface area contributed by atoms with Gasteiger partial charge in [-0.15, -0.1) is 0 Å². The molecule has 3 heteroatoms. The lowest BCUT2D eigenvalue weighted by Gasteiger charge is -2.18. The van der Waals surface area contributed by atoms with Gasteiger partial charge in [0, 0.05) is 5.02 Å². The van der Waals surface area contributed by atoms with Crippen molar-refractivity contribution in [1.29, 1.82) is 0 Å². The average molecular weight is 241 g/mol. The summed E-state index contributed by atoms with van der Waals surface area (Å²) in [6.45, 7) is 6.52. The highest BCUT2D eigenvalue weighted by atomic mass is 35.5. The second kappa shape index (κ2) is 4.88. The van der Waals surface area contributed by atoms with Crippen molar-refractivity contribution in [3.05, 3.63) is 34.3 Å². The lowest BCUT2D eigenvalue weighted by atomic mass is 9.88. The smallest absolute Gasteiger partial charge is 0.335 e. The Morgan fingerprint density at radius 3 is 2.44 bits per heavy atom. The first-order valence-electron chi connectivity index (χ1n) is 5.31. The Hall–Kier alpha value is -1.02. The van der Waals surface area contributed by atoms with E-state index in [0.29, 0.717) is 5.02 Å². The van der Waals surface area contributed by atoms with Crippen LogP contribution in [0.4, 0.5) is 0 Å². The molecule has 0 aliphatic carbocycles. The highest BCUT2D eigenvalue weighted by molar-refractivity contribution is 6.31. The molecule has 1 N–H and O–H groups in total. The molecule has 1 aromatic rings. The van der Waals surface area contributed by atoms with Crippen LogP contribution in [-0.4, -0.2) is 11.1 Å². The molecule has 0 aromatic heterocycles. The average Bonchev–Trinajstić information content (AvgIpc) is 2.14. The van der Waals surface area contributed by atoms with Crippen LogP contribution in [-0.2, 0) is 6.42 Å². The summed E-state index contributed by atoms with van der Waals surface area (Å²) >= 11 is 6.04. The minimum atomic E-state index is -0.940. The number of carbonyl (C=O) groups is 1. The Balaban J connectivity index is 2.80. The highest BCUT2D eigenvalue weighted by Crippen LogP contribution is 2.25. The Morgan fingerprint density at radius 2 is 2.00 bits per heavy atom. The maximum atomic E-state index is 10.7. The molecular weight excluding hydrogens is 224 g/mol. The molecule has 16 heavy (non-hydrogen) atoms. The lowest BCUT2D eigenvalue weighted by molar-refractivity contribution is 0.0697. The van der Waals surface area contributed by atoms with Crippen LogP contribution in [0, 0.1) is 5.41 Å². The van der Waals surface area contributed by atoms with Gasteiger partial charge in [-0.3, -0.25) is 0 Å². The fourth-order valence-electron chi connectivity index (χ4n) is 1.39. The van der Waals surface area contributed by atoms with E-state index < -0.39 is 5.97 Å². The van der Waals surface area contributed by atoms with Crippen LogP contribution in [0.1, 0.15) is 43.1 Å². The molecule has 0 unspecified atom stereocenters. The normalized spacial score (nSPS) is 11.5. The molecule has 1 aromatic carbocycles. The van der Waals surface area contributed by atoms with Crippen LogP contribution in [0.15, 0.2) is 18.2 Å². The number of benzene rings is 1. The van der Waals surface area contributed by atoms with Crippen molar-refractivity contribution in [1.82, 2.24) is 0 Å². The fraction of sp³-hybridized carbons (Fsp3) is 0.462. The summed E-state index contributed by atoms with van der Waals surface area (Å²) in [5, 5.41) is 9.35. The molecule has 0 atom stereocenters. The van der Waals surface area contributed by atoms with Gasteiger partial charge in [0.05, 0.1) is 5.56 Å². The van der Waals surface area contributed by atoms with Gasteiger partial charge >= 0.3 is 5.97 Å². The quantitative estimate of drug-likeness (QED) is 0.867. The number of hydrogen-bond donors (Lipinski definition) is 1. The van der Waals surface area contributed by atoms with Crippen molar-refractivity contribution in [2.75, 3.05) is 0 Å². The molecule has 1 rings (SSSR count). The molecule has 0 aliphatic rings. The summed E-state index contributed by atoms with van der Waals surface area (Å²) in [4.78, 5) is 10.7. The van der Waals surface area contributed by atoms with E-state index in [4.69, 9.17) is 16.7 Å². The Kier molecular flexibility index (Phi) is 3.98. The first-order valence-corrected chi connectivity index (χ1v) is 5.69. The van der Waals surface area contributed by atoms with E-state index in [-0.39, 0.29) is 11.0 Å². The zero-order chi connectivity index (χ0) is 12.3. The van der Waals surface area contributed by atoms with Gasteiger partial charge in [-0.2, -0.15) is 0 Å². The SMILES string of the molecule is CC(C)(C)CCc1ccc(C(=O)O)cc1Cl. The zero-order valence-electron chi connectivity index (χ0n) is 9.88. The summed E-state index contributed by atoms with van der Waals surface area (Å²) in [5.74, 6) is -0.940. The maximum absolute atomic E-state index is 10.7.